The van der Waals surface area contributed by atoms with Crippen molar-refractivity contribution >= 4 is 11.0 Å². The van der Waals surface area contributed by atoms with Crippen LogP contribution in [0.15, 0.2) is 22.6 Å². The number of hydrogen-bond acceptors (Lipinski definition) is 2. The standard InChI is InChI=1S/C13H17NO/c1-8-5-6-11-7-12(10(3)14-4)15-13(11)9(8)2/h5-7,10,14H,1-4H3. The zero-order valence-electron chi connectivity index (χ0n) is 9.72. The first-order valence-corrected chi connectivity index (χ1v) is 5.30. The first kappa shape index (κ1) is 10.2. The number of hydrogen-bond donors (Lipinski definition) is 1. The minimum atomic E-state index is 0.261. The third-order valence-corrected chi connectivity index (χ3v) is 3.08. The molecule has 1 atom stereocenters. The topological polar surface area (TPSA) is 25.2 Å². The zero-order valence-corrected chi connectivity index (χ0v) is 9.72. The highest BCUT2D eigenvalue weighted by atomic mass is 16.3. The van der Waals surface area contributed by atoms with Gasteiger partial charge in [-0.25, -0.2) is 0 Å². The molecule has 1 aromatic heterocycles. The Morgan fingerprint density at radius 1 is 1.27 bits per heavy atom. The summed E-state index contributed by atoms with van der Waals surface area (Å²) in [5, 5.41) is 4.37. The van der Waals surface area contributed by atoms with E-state index in [0.29, 0.717) is 0 Å². The Bertz CT molecular complexity index is 484. The molecule has 0 aliphatic rings. The molecule has 1 aromatic carbocycles. The van der Waals surface area contributed by atoms with E-state index in [2.05, 4.69) is 44.3 Å². The Morgan fingerprint density at radius 2 is 2.00 bits per heavy atom. The lowest BCUT2D eigenvalue weighted by molar-refractivity contribution is 0.474. The minimum absolute atomic E-state index is 0.261. The second-order valence-electron chi connectivity index (χ2n) is 4.08. The lowest BCUT2D eigenvalue weighted by Crippen LogP contribution is -2.10. The van der Waals surface area contributed by atoms with Gasteiger partial charge in [0.25, 0.3) is 0 Å². The van der Waals surface area contributed by atoms with E-state index in [-0.39, 0.29) is 6.04 Å². The third kappa shape index (κ3) is 1.65. The van der Waals surface area contributed by atoms with Crippen molar-refractivity contribution in [3.05, 3.63) is 35.1 Å². The third-order valence-electron chi connectivity index (χ3n) is 3.08. The molecule has 2 heteroatoms. The molecule has 0 fully saturated rings. The molecule has 0 aliphatic heterocycles. The van der Waals surface area contributed by atoms with Gasteiger partial charge in [0.2, 0.25) is 0 Å². The molecule has 1 heterocycles. The highest BCUT2D eigenvalue weighted by molar-refractivity contribution is 5.82. The summed E-state index contributed by atoms with van der Waals surface area (Å²) >= 11 is 0. The van der Waals surface area contributed by atoms with Crippen LogP contribution in [-0.4, -0.2) is 7.05 Å². The first-order valence-electron chi connectivity index (χ1n) is 5.30. The Hall–Kier alpha value is -1.28. The van der Waals surface area contributed by atoms with Crippen molar-refractivity contribution in [2.24, 2.45) is 0 Å². The van der Waals surface area contributed by atoms with Crippen LogP contribution in [0.3, 0.4) is 0 Å². The highest BCUT2D eigenvalue weighted by Gasteiger charge is 2.11. The van der Waals surface area contributed by atoms with Gasteiger partial charge in [-0.3, -0.25) is 0 Å². The van der Waals surface area contributed by atoms with E-state index in [1.165, 1.54) is 16.5 Å². The van der Waals surface area contributed by atoms with Gasteiger partial charge in [0, 0.05) is 5.39 Å². The van der Waals surface area contributed by atoms with E-state index < -0.39 is 0 Å². The molecule has 0 saturated carbocycles. The summed E-state index contributed by atoms with van der Waals surface area (Å²) in [7, 11) is 1.94. The SMILES string of the molecule is CNC(C)c1cc2ccc(C)c(C)c2o1. The van der Waals surface area contributed by atoms with Gasteiger partial charge in [-0.15, -0.1) is 0 Å². The van der Waals surface area contributed by atoms with Crippen LogP contribution >= 0.6 is 0 Å². The van der Waals surface area contributed by atoms with Gasteiger partial charge in [-0.1, -0.05) is 12.1 Å². The molecular formula is C13H17NO. The first-order chi connectivity index (χ1) is 7.13. The zero-order chi connectivity index (χ0) is 11.0. The number of nitrogens with one attached hydrogen (secondary N) is 1. The van der Waals surface area contributed by atoms with Gasteiger partial charge < -0.3 is 9.73 Å². The quantitative estimate of drug-likeness (QED) is 0.809. The summed E-state index contributed by atoms with van der Waals surface area (Å²) in [6.45, 7) is 6.31. The van der Waals surface area contributed by atoms with Crippen molar-refractivity contribution < 1.29 is 4.42 Å². The smallest absolute Gasteiger partial charge is 0.137 e. The Labute approximate surface area is 90.3 Å². The molecule has 2 aromatic rings. The monoisotopic (exact) mass is 203 g/mol. The fourth-order valence-electron chi connectivity index (χ4n) is 1.72. The Morgan fingerprint density at radius 3 is 2.67 bits per heavy atom. The lowest BCUT2D eigenvalue weighted by Gasteiger charge is -2.04. The molecular weight excluding hydrogens is 186 g/mol. The van der Waals surface area contributed by atoms with E-state index in [0.717, 1.165) is 11.3 Å². The maximum absolute atomic E-state index is 5.87. The number of aryl methyl sites for hydroxylation is 2. The highest BCUT2D eigenvalue weighted by Crippen LogP contribution is 2.27. The van der Waals surface area contributed by atoms with Crippen molar-refractivity contribution in [1.29, 1.82) is 0 Å². The summed E-state index contributed by atoms with van der Waals surface area (Å²) in [4.78, 5) is 0. The van der Waals surface area contributed by atoms with E-state index in [1.54, 1.807) is 0 Å². The van der Waals surface area contributed by atoms with Crippen LogP contribution in [-0.2, 0) is 0 Å². The molecule has 2 nitrogen and oxygen atoms in total. The largest absolute Gasteiger partial charge is 0.459 e. The Balaban J connectivity index is 2.61. The van der Waals surface area contributed by atoms with Crippen molar-refractivity contribution in [3.8, 4) is 0 Å². The Kier molecular flexibility index (Phi) is 2.53. The maximum atomic E-state index is 5.87. The summed E-state index contributed by atoms with van der Waals surface area (Å²) in [5.74, 6) is 1.00. The molecule has 0 spiro atoms. The van der Waals surface area contributed by atoms with Crippen LogP contribution in [0, 0.1) is 13.8 Å². The molecule has 0 amide bonds. The molecule has 80 valence electrons. The van der Waals surface area contributed by atoms with Gasteiger partial charge in [-0.2, -0.15) is 0 Å². The van der Waals surface area contributed by atoms with Crippen LogP contribution in [0.25, 0.3) is 11.0 Å². The van der Waals surface area contributed by atoms with Gasteiger partial charge >= 0.3 is 0 Å². The second-order valence-corrected chi connectivity index (χ2v) is 4.08. The molecule has 0 saturated heterocycles. The maximum Gasteiger partial charge on any atom is 0.137 e. The van der Waals surface area contributed by atoms with Crippen molar-refractivity contribution in [2.45, 2.75) is 26.8 Å². The fourth-order valence-corrected chi connectivity index (χ4v) is 1.72. The fraction of sp³-hybridized carbons (Fsp3) is 0.385. The normalized spacial score (nSPS) is 13.3. The average Bonchev–Trinajstić information content (AvgIpc) is 2.67. The van der Waals surface area contributed by atoms with E-state index in [9.17, 15) is 0 Å². The summed E-state index contributed by atoms with van der Waals surface area (Å²) in [6.07, 6.45) is 0. The van der Waals surface area contributed by atoms with Crippen LogP contribution in [0.2, 0.25) is 0 Å². The molecule has 1 N–H and O–H groups in total. The van der Waals surface area contributed by atoms with Gasteiger partial charge in [0.05, 0.1) is 6.04 Å². The van der Waals surface area contributed by atoms with E-state index in [4.69, 9.17) is 4.42 Å². The molecule has 0 radical (unpaired) electrons. The molecule has 0 aliphatic carbocycles. The number of furan rings is 1. The van der Waals surface area contributed by atoms with Crippen LogP contribution in [0.4, 0.5) is 0 Å². The van der Waals surface area contributed by atoms with Gasteiger partial charge in [0.1, 0.15) is 11.3 Å². The molecule has 0 bridgehead atoms. The number of fused-ring (bicyclic) bond motifs is 1. The predicted octanol–water partition coefficient (Wildman–Crippen LogP) is 3.33. The van der Waals surface area contributed by atoms with E-state index in [1.807, 2.05) is 7.05 Å². The lowest BCUT2D eigenvalue weighted by atomic mass is 10.1. The van der Waals surface area contributed by atoms with Crippen molar-refractivity contribution in [1.82, 2.24) is 5.32 Å². The van der Waals surface area contributed by atoms with Crippen LogP contribution < -0.4 is 5.32 Å². The van der Waals surface area contributed by atoms with E-state index >= 15 is 0 Å². The summed E-state index contributed by atoms with van der Waals surface area (Å²) < 4.78 is 5.87. The minimum Gasteiger partial charge on any atom is -0.459 e. The molecule has 15 heavy (non-hydrogen) atoms. The number of benzene rings is 1. The molecule has 2 rings (SSSR count). The molecule has 1 unspecified atom stereocenters. The van der Waals surface area contributed by atoms with Crippen molar-refractivity contribution in [2.75, 3.05) is 7.05 Å². The summed E-state index contributed by atoms with van der Waals surface area (Å²) in [5.41, 5.74) is 3.54. The van der Waals surface area contributed by atoms with Crippen molar-refractivity contribution in [3.63, 3.8) is 0 Å². The van der Waals surface area contributed by atoms with Crippen LogP contribution in [0.5, 0.6) is 0 Å². The predicted molar refractivity (Wildman–Crippen MR) is 63.2 cm³/mol. The summed E-state index contributed by atoms with van der Waals surface area (Å²) in [6, 6.07) is 6.63. The van der Waals surface area contributed by atoms with Gasteiger partial charge in [-0.05, 0) is 45.0 Å². The van der Waals surface area contributed by atoms with Crippen LogP contribution in [0.1, 0.15) is 29.9 Å². The average molecular weight is 203 g/mol. The number of rotatable bonds is 2. The second kappa shape index (κ2) is 3.70. The van der Waals surface area contributed by atoms with Gasteiger partial charge in [0.15, 0.2) is 0 Å².